The quantitative estimate of drug-likeness (QED) is 0.0123. The average Bonchev–Trinajstić information content (AvgIpc) is 0.769. The summed E-state index contributed by atoms with van der Waals surface area (Å²) in [5.74, 6) is -11.5. The highest BCUT2D eigenvalue weighted by Gasteiger charge is 2.27. The Labute approximate surface area is 848 Å². The van der Waals surface area contributed by atoms with Crippen molar-refractivity contribution in [3.05, 3.63) is 224 Å². The predicted molar refractivity (Wildman–Crippen MR) is 520 cm³/mol. The minimum absolute atomic E-state index is 0.0182. The second-order valence-corrected chi connectivity index (χ2v) is 38.9. The Kier molecular flexibility index (Phi) is 55.1. The number of esters is 8. The third-order valence-electron chi connectivity index (χ3n) is 17.4. The van der Waals surface area contributed by atoms with Crippen molar-refractivity contribution in [3.8, 4) is 11.5 Å². The third-order valence-corrected chi connectivity index (χ3v) is 21.4. The number of anilines is 4. The SMILES string of the molecule is [B]Cc1cc(C(=O)OCCS(=O)(=O)[O-])ccc1N(C)C(=O)OC(C)(C)C.[B]Cc1cc(C(=O)OCCS(=O)(=O)[O-])ccc1NC(=O)OCC=C.[B]Cc1cc(C(=O)OCCS(=O)(=O)[O-])ccc1NC(=O)OCc1ccccc1.[B]Cc1cc(C[B])c(C(=O)OCCS(=O)(=O)[O-])c(C[B])c1NC(C)=O.[B]Cc1ccc(C(=O)OCCS(=O)(=O)[O-])c(OC(C)=O)c1.[B]Cc1ccc(C(=O)OCCS(=O)(=O)[O-])cc1OC(C)=O. The highest BCUT2D eigenvalue weighted by atomic mass is 32.2. The molecule has 0 spiro atoms. The van der Waals surface area contributed by atoms with E-state index in [1.807, 2.05) is 30.3 Å². The molecule has 0 aliphatic heterocycles. The van der Waals surface area contributed by atoms with Crippen molar-refractivity contribution < 1.29 is 187 Å². The molecule has 0 saturated heterocycles. The molecule has 0 aliphatic carbocycles. The summed E-state index contributed by atoms with van der Waals surface area (Å²) >= 11 is 0. The van der Waals surface area contributed by atoms with Gasteiger partial charge in [0.15, 0.2) is 0 Å². The molecule has 3 N–H and O–H groups in total. The van der Waals surface area contributed by atoms with Crippen molar-refractivity contribution in [1.82, 2.24) is 0 Å². The van der Waals surface area contributed by atoms with Gasteiger partial charge in [0.05, 0.1) is 186 Å². The van der Waals surface area contributed by atoms with Gasteiger partial charge >= 0.3 is 66.0 Å². The van der Waals surface area contributed by atoms with Crippen LogP contribution in [-0.2, 0) is 175 Å². The lowest BCUT2D eigenvalue weighted by molar-refractivity contribution is -0.132. The molecule has 0 heterocycles. The van der Waals surface area contributed by atoms with Crippen LogP contribution in [0.25, 0.3) is 0 Å². The number of benzene rings is 7. The molecule has 45 nitrogen and oxygen atoms in total. The van der Waals surface area contributed by atoms with E-state index in [-0.39, 0.29) is 126 Å². The van der Waals surface area contributed by atoms with E-state index >= 15 is 0 Å². The maximum absolute atomic E-state index is 12.4. The van der Waals surface area contributed by atoms with E-state index in [1.54, 1.807) is 26.8 Å². The normalized spacial score (nSPS) is 11.1. The number of hydrogen-bond donors (Lipinski definition) is 3. The largest absolute Gasteiger partial charge is 0.748 e. The number of nitrogens with zero attached hydrogens (tertiary/aromatic N) is 1. The fourth-order valence-corrected chi connectivity index (χ4v) is 12.6. The molecule has 0 atom stereocenters. The molecule has 0 bridgehead atoms. The summed E-state index contributed by atoms with van der Waals surface area (Å²) in [6.45, 7) is 9.04. The molecule has 7 aromatic carbocycles. The third kappa shape index (κ3) is 52.6. The second-order valence-electron chi connectivity index (χ2n) is 29.8. The highest BCUT2D eigenvalue weighted by Crippen LogP contribution is 2.32. The van der Waals surface area contributed by atoms with Gasteiger partial charge in [-0.1, -0.05) is 117 Å². The maximum Gasteiger partial charge on any atom is 0.414 e. The van der Waals surface area contributed by atoms with Crippen LogP contribution in [0.15, 0.2) is 140 Å². The summed E-state index contributed by atoms with van der Waals surface area (Å²) in [5, 5.41) is 7.59. The topological polar surface area (TPSA) is 689 Å². The van der Waals surface area contributed by atoms with E-state index in [9.17, 15) is 135 Å². The van der Waals surface area contributed by atoms with Gasteiger partial charge in [0.2, 0.25) is 5.91 Å². The Morgan fingerprint density at radius 3 is 1.12 bits per heavy atom. The van der Waals surface area contributed by atoms with Crippen molar-refractivity contribution >= 4 is 218 Å². The standard InChI is InChI=1S/C18H18BNO7S.C16H22BNO7S.C14H16B3NO6S.C14H16BNO7S.2C12H13BO7S/c19-11-15-10-14(17(21)26-8-9-28(23,24)25)6-7-16(15)20-18(22)27-12-13-4-2-1-3-5-13;1-16(2,3)25-15(20)18(4)13-6-5-11(9-12(13)10-17)14(19)24-7-8-26(21,22)23;1-8(19)18-13-10(6-16)4-9(5-15)12(11(13)7-17)14(20)24-2-3-25(21,22)23;1-2-5-23-14(18)16-12-4-3-10(8-11(12)9-15)13(17)22-6-7-24(19,20)21;1-8(14)20-11-6-9(2-3-10(11)7-13)12(15)19-4-5-21(16,17)18;1-8(14)20-11-6-9(7-13)2-3-10(11)12(15)19-4-5-21(16,17)18/h1-7,10H,8-9,11-12H2,(H,20,22)(H,23,24,25);5-6,9H,7-8,10H2,1-4H3,(H,21,22,23);4H,2-3,5-7H2,1H3,(H,18,19)(H,21,22,23);2-4,8H,1,5-7,9H2,(H,16,18)(H,19,20,21);2*2-3,6H,4-5,7H2,1H3,(H,16,17,18)/p-6. The van der Waals surface area contributed by atoms with E-state index in [0.717, 1.165) is 12.5 Å². The second kappa shape index (κ2) is 62.2. The molecule has 59 heteroatoms. The summed E-state index contributed by atoms with van der Waals surface area (Å²) in [4.78, 5) is 142. The predicted octanol–water partition coefficient (Wildman–Crippen LogP) is 3.34. The average molecular weight is 2120 g/mol. The molecular weight excluding hydrogens is 2020 g/mol. The van der Waals surface area contributed by atoms with Gasteiger partial charge in [0.1, 0.15) is 75.5 Å². The summed E-state index contributed by atoms with van der Waals surface area (Å²) in [5.41, 5.74) is 5.67. The van der Waals surface area contributed by atoms with Crippen molar-refractivity contribution in [2.45, 2.75) is 104 Å². The Morgan fingerprint density at radius 1 is 0.372 bits per heavy atom. The summed E-state index contributed by atoms with van der Waals surface area (Å²) < 4.78 is 242. The van der Waals surface area contributed by atoms with Crippen LogP contribution in [-0.4, -0.2) is 306 Å². The van der Waals surface area contributed by atoms with Gasteiger partial charge in [-0.2, -0.15) is 0 Å². The minimum Gasteiger partial charge on any atom is -0.748 e. The van der Waals surface area contributed by atoms with Crippen LogP contribution in [0, 0.1) is 0 Å². The fourth-order valence-electron chi connectivity index (χ4n) is 10.9. The Bertz CT molecular complexity index is 6440. The van der Waals surface area contributed by atoms with Gasteiger partial charge in [-0.05, 0) is 144 Å². The smallest absolute Gasteiger partial charge is 0.414 e. The lowest BCUT2D eigenvalue weighted by atomic mass is 9.80. The van der Waals surface area contributed by atoms with Gasteiger partial charge < -0.3 is 84.7 Å². The molecule has 0 fully saturated rings. The summed E-state index contributed by atoms with van der Waals surface area (Å²) in [6, 6.07) is 31.9. The zero-order valence-corrected chi connectivity index (χ0v) is 83.6. The fraction of sp³-hybridized carbons (Fsp3) is 0.349. The molecule has 0 unspecified atom stereocenters. The van der Waals surface area contributed by atoms with Crippen molar-refractivity contribution in [1.29, 1.82) is 0 Å². The van der Waals surface area contributed by atoms with Gasteiger partial charge in [-0.3, -0.25) is 29.9 Å². The number of nitrogens with one attached hydrogen (secondary N) is 3. The van der Waals surface area contributed by atoms with E-state index in [2.05, 4.69) is 32.0 Å². The van der Waals surface area contributed by atoms with Crippen LogP contribution < -0.4 is 30.3 Å². The molecule has 16 radical (unpaired) electrons. The number of ether oxygens (including phenoxy) is 11. The van der Waals surface area contributed by atoms with Crippen LogP contribution in [0.5, 0.6) is 11.5 Å². The molecule has 145 heavy (non-hydrogen) atoms. The Balaban J connectivity index is 0.000000590. The van der Waals surface area contributed by atoms with Crippen LogP contribution in [0.3, 0.4) is 0 Å². The molecular formula is C86H92B8N4O41S6-6. The lowest BCUT2D eigenvalue weighted by Crippen LogP contribution is -2.34. The number of amides is 4. The van der Waals surface area contributed by atoms with Crippen molar-refractivity contribution in [2.75, 3.05) is 109 Å². The van der Waals surface area contributed by atoms with Gasteiger partial charge in [0, 0.05) is 50.6 Å². The van der Waals surface area contributed by atoms with E-state index in [1.165, 1.54) is 123 Å². The van der Waals surface area contributed by atoms with Crippen LogP contribution >= 0.6 is 0 Å². The van der Waals surface area contributed by atoms with Gasteiger partial charge in [0.25, 0.3) is 0 Å². The number of carbonyl (C=O) groups is 12. The summed E-state index contributed by atoms with van der Waals surface area (Å²) in [6.07, 6.45) is -0.297. The van der Waals surface area contributed by atoms with Crippen LogP contribution in [0.2, 0.25) is 0 Å². The molecule has 0 aromatic heterocycles. The molecule has 768 valence electrons. The zero-order chi connectivity index (χ0) is 110. The van der Waals surface area contributed by atoms with Gasteiger partial charge in [-0.25, -0.2) is 93.7 Å². The molecule has 7 rings (SSSR count). The van der Waals surface area contributed by atoms with E-state index in [0.29, 0.717) is 56.0 Å². The van der Waals surface area contributed by atoms with Crippen molar-refractivity contribution in [2.24, 2.45) is 0 Å². The van der Waals surface area contributed by atoms with Crippen LogP contribution in [0.4, 0.5) is 37.1 Å². The zero-order valence-electron chi connectivity index (χ0n) is 78.7. The Morgan fingerprint density at radius 2 is 0.745 bits per heavy atom. The first-order valence-corrected chi connectivity index (χ1v) is 51.1. The first-order valence-electron chi connectivity index (χ1n) is 41.7. The lowest BCUT2D eigenvalue weighted by Gasteiger charge is -2.26. The summed E-state index contributed by atoms with van der Waals surface area (Å²) in [7, 11) is 19.6. The first kappa shape index (κ1) is 128. The molecule has 0 saturated carbocycles. The first-order chi connectivity index (χ1) is 67.5. The number of rotatable bonds is 42. The number of hydrogen-bond acceptors (Lipinski definition) is 41. The Hall–Kier alpha value is -12.7. The molecule has 4 amide bonds. The molecule has 0 aliphatic rings. The molecule has 7 aromatic rings. The monoisotopic (exact) mass is 2120 g/mol. The maximum atomic E-state index is 12.4. The van der Waals surface area contributed by atoms with E-state index < -0.39 is 207 Å². The minimum atomic E-state index is -4.52. The number of carbonyl (C=O) groups excluding carboxylic acids is 12. The van der Waals surface area contributed by atoms with E-state index in [4.69, 9.17) is 105 Å². The van der Waals surface area contributed by atoms with Gasteiger partial charge in [-0.15, -0.1) is 0 Å². The van der Waals surface area contributed by atoms with Crippen LogP contribution in [0.1, 0.15) is 154 Å². The van der Waals surface area contributed by atoms with Crippen molar-refractivity contribution in [3.63, 3.8) is 0 Å². The highest BCUT2D eigenvalue weighted by molar-refractivity contribution is 7.86.